The molecule has 0 radical (unpaired) electrons. The number of urea groups is 1. The number of nitrogens with zero attached hydrogens (tertiary/aromatic N) is 3. The van der Waals surface area contributed by atoms with E-state index in [9.17, 15) is 9.59 Å². The Morgan fingerprint density at radius 3 is 2.32 bits per heavy atom. The number of rotatable bonds is 4. The van der Waals surface area contributed by atoms with Gasteiger partial charge < -0.3 is 15.1 Å². The summed E-state index contributed by atoms with van der Waals surface area (Å²) in [6, 6.07) is 15.5. The van der Waals surface area contributed by atoms with E-state index >= 15 is 0 Å². The van der Waals surface area contributed by atoms with Crippen molar-refractivity contribution in [3.63, 3.8) is 0 Å². The van der Waals surface area contributed by atoms with Gasteiger partial charge in [-0.3, -0.25) is 9.69 Å². The molecule has 1 N–H and O–H groups in total. The summed E-state index contributed by atoms with van der Waals surface area (Å²) < 4.78 is 0. The van der Waals surface area contributed by atoms with Crippen molar-refractivity contribution in [3.05, 3.63) is 59.7 Å². The molecular formula is C22H28N4O2. The first kappa shape index (κ1) is 19.9. The van der Waals surface area contributed by atoms with Crippen LogP contribution in [0, 0.1) is 13.8 Å². The van der Waals surface area contributed by atoms with Crippen LogP contribution in [0.15, 0.2) is 48.5 Å². The van der Waals surface area contributed by atoms with E-state index in [0.717, 1.165) is 16.9 Å². The minimum atomic E-state index is -0.0840. The van der Waals surface area contributed by atoms with Crippen molar-refractivity contribution >= 4 is 23.3 Å². The van der Waals surface area contributed by atoms with Crippen molar-refractivity contribution in [3.8, 4) is 0 Å². The Morgan fingerprint density at radius 1 is 1.00 bits per heavy atom. The van der Waals surface area contributed by atoms with Gasteiger partial charge >= 0.3 is 6.03 Å². The summed E-state index contributed by atoms with van der Waals surface area (Å²) in [7, 11) is 1.80. The fourth-order valence-corrected chi connectivity index (χ4v) is 3.35. The van der Waals surface area contributed by atoms with Crippen LogP contribution < -0.4 is 10.2 Å². The van der Waals surface area contributed by atoms with Crippen LogP contribution >= 0.6 is 0 Å². The number of piperazine rings is 1. The zero-order valence-corrected chi connectivity index (χ0v) is 16.8. The Hall–Kier alpha value is -2.86. The van der Waals surface area contributed by atoms with Gasteiger partial charge in [0.25, 0.3) is 0 Å². The molecule has 28 heavy (non-hydrogen) atoms. The summed E-state index contributed by atoms with van der Waals surface area (Å²) in [5.74, 6) is 0.0550. The van der Waals surface area contributed by atoms with Crippen LogP contribution in [0.5, 0.6) is 0 Å². The molecule has 0 aliphatic carbocycles. The third kappa shape index (κ3) is 4.89. The predicted molar refractivity (Wildman–Crippen MR) is 113 cm³/mol. The van der Waals surface area contributed by atoms with Crippen LogP contribution in [0.3, 0.4) is 0 Å². The van der Waals surface area contributed by atoms with Crippen molar-refractivity contribution in [1.82, 2.24) is 9.80 Å². The second-order valence-corrected chi connectivity index (χ2v) is 7.30. The minimum absolute atomic E-state index is 0.0550. The molecule has 6 heteroatoms. The maximum Gasteiger partial charge on any atom is 0.321 e. The summed E-state index contributed by atoms with van der Waals surface area (Å²) >= 11 is 0. The normalized spacial score (nSPS) is 14.6. The largest absolute Gasteiger partial charge is 0.322 e. The lowest BCUT2D eigenvalue weighted by Crippen LogP contribution is -2.52. The second-order valence-electron chi connectivity index (χ2n) is 7.30. The number of para-hydroxylation sites is 1. The smallest absolute Gasteiger partial charge is 0.321 e. The molecule has 2 aromatic rings. The van der Waals surface area contributed by atoms with Gasteiger partial charge in [0.2, 0.25) is 5.91 Å². The summed E-state index contributed by atoms with van der Waals surface area (Å²) in [6.07, 6.45) is 0. The molecule has 1 aliphatic heterocycles. The summed E-state index contributed by atoms with van der Waals surface area (Å²) in [6.45, 7) is 6.99. The van der Waals surface area contributed by atoms with Crippen LogP contribution in [0.25, 0.3) is 0 Å². The molecule has 6 nitrogen and oxygen atoms in total. The lowest BCUT2D eigenvalue weighted by atomic mass is 10.1. The average molecular weight is 380 g/mol. The Labute approximate surface area is 166 Å². The van der Waals surface area contributed by atoms with Gasteiger partial charge in [0.1, 0.15) is 0 Å². The van der Waals surface area contributed by atoms with Gasteiger partial charge in [-0.1, -0.05) is 35.9 Å². The molecule has 1 fully saturated rings. The van der Waals surface area contributed by atoms with E-state index in [2.05, 4.69) is 16.3 Å². The number of hydrogen-bond acceptors (Lipinski definition) is 3. The van der Waals surface area contributed by atoms with Gasteiger partial charge in [-0.15, -0.1) is 0 Å². The third-order valence-electron chi connectivity index (χ3n) is 5.16. The Kier molecular flexibility index (Phi) is 6.31. The molecule has 148 valence electrons. The van der Waals surface area contributed by atoms with Gasteiger partial charge in [0.05, 0.1) is 6.54 Å². The van der Waals surface area contributed by atoms with E-state index in [-0.39, 0.29) is 11.9 Å². The van der Waals surface area contributed by atoms with Crippen molar-refractivity contribution in [1.29, 1.82) is 0 Å². The fourth-order valence-electron chi connectivity index (χ4n) is 3.35. The van der Waals surface area contributed by atoms with Gasteiger partial charge in [0, 0.05) is 44.6 Å². The highest BCUT2D eigenvalue weighted by Gasteiger charge is 2.24. The molecule has 0 saturated carbocycles. The van der Waals surface area contributed by atoms with Crippen LogP contribution in [-0.2, 0) is 4.79 Å². The monoisotopic (exact) mass is 380 g/mol. The Morgan fingerprint density at radius 2 is 1.68 bits per heavy atom. The number of benzene rings is 2. The number of likely N-dealkylation sites (N-methyl/N-ethyl adjacent to an activating group) is 1. The Bertz CT molecular complexity index is 830. The average Bonchev–Trinajstić information content (AvgIpc) is 2.70. The van der Waals surface area contributed by atoms with E-state index in [1.165, 1.54) is 5.56 Å². The number of anilines is 2. The predicted octanol–water partition coefficient (Wildman–Crippen LogP) is 3.12. The zero-order valence-electron chi connectivity index (χ0n) is 16.8. The number of carbonyl (C=O) groups excluding carboxylic acids is 2. The van der Waals surface area contributed by atoms with Crippen molar-refractivity contribution < 1.29 is 9.59 Å². The summed E-state index contributed by atoms with van der Waals surface area (Å²) in [4.78, 5) is 30.7. The lowest BCUT2D eigenvalue weighted by Gasteiger charge is -2.35. The first-order valence-electron chi connectivity index (χ1n) is 9.61. The van der Waals surface area contributed by atoms with E-state index in [0.29, 0.717) is 32.7 Å². The van der Waals surface area contributed by atoms with E-state index in [4.69, 9.17) is 0 Å². The van der Waals surface area contributed by atoms with E-state index in [1.807, 2.05) is 56.3 Å². The molecule has 3 rings (SSSR count). The molecule has 3 amide bonds. The lowest BCUT2D eigenvalue weighted by molar-refractivity contribution is -0.119. The molecule has 0 spiro atoms. The number of carbonyl (C=O) groups is 2. The Balaban J connectivity index is 1.48. The first-order valence-corrected chi connectivity index (χ1v) is 9.61. The molecule has 2 aromatic carbocycles. The van der Waals surface area contributed by atoms with Crippen LogP contribution in [-0.4, -0.2) is 61.5 Å². The van der Waals surface area contributed by atoms with Gasteiger partial charge in [-0.25, -0.2) is 4.79 Å². The second kappa shape index (κ2) is 8.89. The maximum atomic E-state index is 12.5. The van der Waals surface area contributed by atoms with Gasteiger partial charge in [-0.05, 0) is 37.6 Å². The molecule has 1 heterocycles. The molecule has 1 saturated heterocycles. The third-order valence-corrected chi connectivity index (χ3v) is 5.16. The number of nitrogens with one attached hydrogen (secondary N) is 1. The van der Waals surface area contributed by atoms with Gasteiger partial charge in [-0.2, -0.15) is 0 Å². The molecule has 0 unspecified atom stereocenters. The molecular weight excluding hydrogens is 352 g/mol. The SMILES string of the molecule is Cc1ccc(NC(=O)N2CCN(CC(=O)N(C)c3ccccc3)CC2)c(C)c1. The first-order chi connectivity index (χ1) is 13.4. The molecule has 0 aromatic heterocycles. The highest BCUT2D eigenvalue weighted by Crippen LogP contribution is 2.17. The highest BCUT2D eigenvalue weighted by molar-refractivity contribution is 5.94. The summed E-state index contributed by atoms with van der Waals surface area (Å²) in [5, 5.41) is 3.00. The molecule has 1 aliphatic rings. The number of aryl methyl sites for hydroxylation is 2. The van der Waals surface area contributed by atoms with E-state index < -0.39 is 0 Å². The summed E-state index contributed by atoms with van der Waals surface area (Å²) in [5.41, 5.74) is 3.97. The quantitative estimate of drug-likeness (QED) is 0.887. The minimum Gasteiger partial charge on any atom is -0.322 e. The maximum absolute atomic E-state index is 12.5. The molecule has 0 bridgehead atoms. The van der Waals surface area contributed by atoms with Gasteiger partial charge in [0.15, 0.2) is 0 Å². The van der Waals surface area contributed by atoms with Crippen LogP contribution in [0.2, 0.25) is 0 Å². The molecule has 0 atom stereocenters. The fraction of sp³-hybridized carbons (Fsp3) is 0.364. The zero-order chi connectivity index (χ0) is 20.1. The topological polar surface area (TPSA) is 55.9 Å². The number of hydrogen-bond donors (Lipinski definition) is 1. The van der Waals surface area contributed by atoms with Crippen molar-refractivity contribution in [2.45, 2.75) is 13.8 Å². The number of amides is 3. The van der Waals surface area contributed by atoms with Crippen LogP contribution in [0.1, 0.15) is 11.1 Å². The van der Waals surface area contributed by atoms with Crippen molar-refractivity contribution in [2.24, 2.45) is 0 Å². The highest BCUT2D eigenvalue weighted by atomic mass is 16.2. The van der Waals surface area contributed by atoms with Crippen molar-refractivity contribution in [2.75, 3.05) is 50.0 Å². The standard InChI is InChI=1S/C22H28N4O2/c1-17-9-10-20(18(2)15-17)23-22(28)26-13-11-25(12-14-26)16-21(27)24(3)19-7-5-4-6-8-19/h4-10,15H,11-14,16H2,1-3H3,(H,23,28). The van der Waals surface area contributed by atoms with Crippen LogP contribution in [0.4, 0.5) is 16.2 Å². The van der Waals surface area contributed by atoms with E-state index in [1.54, 1.807) is 16.8 Å².